The number of pyridine rings is 1. The number of nitrogens with zero attached hydrogens (tertiary/aromatic N) is 1. The Balaban J connectivity index is 1.76. The van der Waals surface area contributed by atoms with Crippen molar-refractivity contribution in [1.82, 2.24) is 4.98 Å². The van der Waals surface area contributed by atoms with E-state index in [4.69, 9.17) is 16.3 Å². The van der Waals surface area contributed by atoms with Crippen molar-refractivity contribution < 1.29 is 14.3 Å². The number of esters is 1. The van der Waals surface area contributed by atoms with Crippen LogP contribution in [0.2, 0.25) is 5.02 Å². The standard InChI is InChI=1S/C23H14ClNO3/c24-17-9-7-16(8-10-17)22-13-20(19-3-1-2-4-21(19)25-22)23(27)28-18-11-5-15(14-26)6-12-18/h1-14H. The lowest BCUT2D eigenvalue weighted by molar-refractivity contribution is 0.0736. The van der Waals surface area contributed by atoms with Crippen molar-refractivity contribution in [3.05, 3.63) is 95.0 Å². The van der Waals surface area contributed by atoms with Gasteiger partial charge in [0.05, 0.1) is 16.8 Å². The molecule has 0 saturated carbocycles. The fourth-order valence-electron chi connectivity index (χ4n) is 2.89. The molecule has 0 fully saturated rings. The minimum absolute atomic E-state index is 0.365. The number of aldehydes is 1. The van der Waals surface area contributed by atoms with Crippen LogP contribution in [0.25, 0.3) is 22.2 Å². The van der Waals surface area contributed by atoms with Crippen LogP contribution in [-0.4, -0.2) is 17.2 Å². The second-order valence-electron chi connectivity index (χ2n) is 6.16. The molecule has 0 spiro atoms. The topological polar surface area (TPSA) is 56.3 Å². The van der Waals surface area contributed by atoms with Crippen molar-refractivity contribution in [3.63, 3.8) is 0 Å². The van der Waals surface area contributed by atoms with Gasteiger partial charge in [-0.3, -0.25) is 4.79 Å². The van der Waals surface area contributed by atoms with Gasteiger partial charge < -0.3 is 4.74 Å². The number of ether oxygens (including phenoxy) is 1. The van der Waals surface area contributed by atoms with Crippen LogP contribution in [-0.2, 0) is 0 Å². The van der Waals surface area contributed by atoms with Gasteiger partial charge in [0, 0.05) is 21.5 Å². The number of rotatable bonds is 4. The number of carbonyl (C=O) groups is 2. The number of benzene rings is 3. The Hall–Kier alpha value is -3.50. The maximum absolute atomic E-state index is 12.9. The number of para-hydroxylation sites is 1. The summed E-state index contributed by atoms with van der Waals surface area (Å²) in [5.74, 6) is -0.128. The molecule has 0 amide bonds. The number of aromatic nitrogens is 1. The van der Waals surface area contributed by atoms with Gasteiger partial charge in [-0.15, -0.1) is 0 Å². The highest BCUT2D eigenvalue weighted by molar-refractivity contribution is 6.30. The van der Waals surface area contributed by atoms with E-state index in [0.717, 1.165) is 11.8 Å². The van der Waals surface area contributed by atoms with Crippen molar-refractivity contribution >= 4 is 34.8 Å². The summed E-state index contributed by atoms with van der Waals surface area (Å²) in [5.41, 5.74) is 3.12. The van der Waals surface area contributed by atoms with Crippen LogP contribution in [0.4, 0.5) is 0 Å². The number of halogens is 1. The smallest absolute Gasteiger partial charge is 0.344 e. The third-order valence-corrected chi connectivity index (χ3v) is 4.55. The first kappa shape index (κ1) is 17.9. The summed E-state index contributed by atoms with van der Waals surface area (Å²) < 4.78 is 5.51. The van der Waals surface area contributed by atoms with E-state index in [9.17, 15) is 9.59 Å². The van der Waals surface area contributed by atoms with Gasteiger partial charge in [0.15, 0.2) is 0 Å². The Morgan fingerprint density at radius 3 is 2.36 bits per heavy atom. The molecule has 136 valence electrons. The summed E-state index contributed by atoms with van der Waals surface area (Å²) in [5, 5.41) is 1.33. The maximum Gasteiger partial charge on any atom is 0.344 e. The van der Waals surface area contributed by atoms with Gasteiger partial charge in [-0.2, -0.15) is 0 Å². The fourth-order valence-corrected chi connectivity index (χ4v) is 3.02. The Morgan fingerprint density at radius 1 is 0.929 bits per heavy atom. The number of carbonyl (C=O) groups excluding carboxylic acids is 2. The van der Waals surface area contributed by atoms with Crippen LogP contribution < -0.4 is 4.74 Å². The predicted molar refractivity (Wildman–Crippen MR) is 109 cm³/mol. The zero-order chi connectivity index (χ0) is 19.5. The molecule has 0 unspecified atom stereocenters. The molecular weight excluding hydrogens is 374 g/mol. The van der Waals surface area contributed by atoms with Gasteiger partial charge in [0.2, 0.25) is 0 Å². The average molecular weight is 388 g/mol. The first-order valence-electron chi connectivity index (χ1n) is 8.57. The summed E-state index contributed by atoms with van der Waals surface area (Å²) in [6, 6.07) is 22.8. The van der Waals surface area contributed by atoms with E-state index >= 15 is 0 Å². The molecule has 28 heavy (non-hydrogen) atoms. The molecule has 0 saturated heterocycles. The Kier molecular flexibility index (Phi) is 4.87. The maximum atomic E-state index is 12.9. The second kappa shape index (κ2) is 7.62. The molecule has 0 atom stereocenters. The molecule has 1 heterocycles. The monoisotopic (exact) mass is 387 g/mol. The molecule has 3 aromatic carbocycles. The highest BCUT2D eigenvalue weighted by atomic mass is 35.5. The Bertz CT molecular complexity index is 1170. The van der Waals surface area contributed by atoms with Crippen molar-refractivity contribution in [1.29, 1.82) is 0 Å². The van der Waals surface area contributed by atoms with E-state index in [2.05, 4.69) is 4.98 Å². The van der Waals surface area contributed by atoms with Gasteiger partial charge >= 0.3 is 5.97 Å². The molecule has 4 nitrogen and oxygen atoms in total. The average Bonchev–Trinajstić information content (AvgIpc) is 2.74. The quantitative estimate of drug-likeness (QED) is 0.260. The van der Waals surface area contributed by atoms with Crippen molar-refractivity contribution in [2.75, 3.05) is 0 Å². The van der Waals surface area contributed by atoms with Gasteiger partial charge in [0.1, 0.15) is 12.0 Å². The van der Waals surface area contributed by atoms with Crippen LogP contribution >= 0.6 is 11.6 Å². The summed E-state index contributed by atoms with van der Waals surface area (Å²) >= 11 is 5.97. The summed E-state index contributed by atoms with van der Waals surface area (Å²) in [7, 11) is 0. The molecule has 0 N–H and O–H groups in total. The summed E-state index contributed by atoms with van der Waals surface area (Å²) in [4.78, 5) is 28.3. The molecule has 5 heteroatoms. The molecule has 0 aliphatic carbocycles. The Morgan fingerprint density at radius 2 is 1.64 bits per heavy atom. The van der Waals surface area contributed by atoms with Crippen LogP contribution in [0.1, 0.15) is 20.7 Å². The summed E-state index contributed by atoms with van der Waals surface area (Å²) in [6.45, 7) is 0. The summed E-state index contributed by atoms with van der Waals surface area (Å²) in [6.07, 6.45) is 0.736. The van der Waals surface area contributed by atoms with E-state index in [1.807, 2.05) is 36.4 Å². The molecular formula is C23H14ClNO3. The highest BCUT2D eigenvalue weighted by Gasteiger charge is 2.16. The molecule has 0 radical (unpaired) electrons. The molecule has 0 aliphatic rings. The second-order valence-corrected chi connectivity index (χ2v) is 6.59. The fraction of sp³-hybridized carbons (Fsp3) is 0. The van der Waals surface area contributed by atoms with Gasteiger partial charge in [0.25, 0.3) is 0 Å². The van der Waals surface area contributed by atoms with E-state index in [-0.39, 0.29) is 0 Å². The van der Waals surface area contributed by atoms with E-state index in [1.165, 1.54) is 0 Å². The Labute approximate surface area is 166 Å². The molecule has 1 aromatic heterocycles. The molecule has 0 bridgehead atoms. The minimum Gasteiger partial charge on any atom is -0.423 e. The van der Waals surface area contributed by atoms with Gasteiger partial charge in [-0.1, -0.05) is 41.9 Å². The normalized spacial score (nSPS) is 10.6. The van der Waals surface area contributed by atoms with Crippen LogP contribution in [0, 0.1) is 0 Å². The minimum atomic E-state index is -0.493. The van der Waals surface area contributed by atoms with Crippen molar-refractivity contribution in [2.24, 2.45) is 0 Å². The van der Waals surface area contributed by atoms with Crippen molar-refractivity contribution in [3.8, 4) is 17.0 Å². The first-order valence-corrected chi connectivity index (χ1v) is 8.95. The van der Waals surface area contributed by atoms with Crippen LogP contribution in [0.5, 0.6) is 5.75 Å². The molecule has 4 aromatic rings. The largest absolute Gasteiger partial charge is 0.423 e. The number of fused-ring (bicyclic) bond motifs is 1. The van der Waals surface area contributed by atoms with Crippen LogP contribution in [0.3, 0.4) is 0 Å². The first-order chi connectivity index (χ1) is 13.6. The zero-order valence-electron chi connectivity index (χ0n) is 14.6. The third kappa shape index (κ3) is 3.63. The highest BCUT2D eigenvalue weighted by Crippen LogP contribution is 2.27. The lowest BCUT2D eigenvalue weighted by Crippen LogP contribution is -2.10. The zero-order valence-corrected chi connectivity index (χ0v) is 15.4. The number of hydrogen-bond acceptors (Lipinski definition) is 4. The SMILES string of the molecule is O=Cc1ccc(OC(=O)c2cc(-c3ccc(Cl)cc3)nc3ccccc23)cc1. The predicted octanol–water partition coefficient (Wildman–Crippen LogP) is 5.59. The van der Waals surface area contributed by atoms with E-state index < -0.39 is 5.97 Å². The van der Waals surface area contributed by atoms with Crippen LogP contribution in [0.15, 0.2) is 78.9 Å². The number of hydrogen-bond donors (Lipinski definition) is 0. The third-order valence-electron chi connectivity index (χ3n) is 4.30. The van der Waals surface area contributed by atoms with Gasteiger partial charge in [-0.05, 0) is 48.5 Å². The molecule has 4 rings (SSSR count). The lowest BCUT2D eigenvalue weighted by atomic mass is 10.0. The van der Waals surface area contributed by atoms with E-state index in [0.29, 0.717) is 38.5 Å². The van der Waals surface area contributed by atoms with E-state index in [1.54, 1.807) is 42.5 Å². The lowest BCUT2D eigenvalue weighted by Gasteiger charge is -2.10. The van der Waals surface area contributed by atoms with Gasteiger partial charge in [-0.25, -0.2) is 9.78 Å². The molecule has 0 aliphatic heterocycles. The van der Waals surface area contributed by atoms with Crippen molar-refractivity contribution in [2.45, 2.75) is 0 Å².